The van der Waals surface area contributed by atoms with Crippen LogP contribution in [0.15, 0.2) is 34.9 Å². The second kappa shape index (κ2) is 8.29. The van der Waals surface area contributed by atoms with E-state index in [9.17, 15) is 4.79 Å². The van der Waals surface area contributed by atoms with Gasteiger partial charge in [-0.15, -0.1) is 0 Å². The summed E-state index contributed by atoms with van der Waals surface area (Å²) in [5, 5.41) is 6.95. The molecule has 6 heteroatoms. The van der Waals surface area contributed by atoms with Gasteiger partial charge in [0.2, 0.25) is 11.8 Å². The van der Waals surface area contributed by atoms with Crippen molar-refractivity contribution in [2.75, 3.05) is 13.7 Å². The van der Waals surface area contributed by atoms with Crippen LogP contribution >= 0.6 is 0 Å². The second-order valence-corrected chi connectivity index (χ2v) is 4.95. The van der Waals surface area contributed by atoms with Crippen molar-refractivity contribution in [3.63, 3.8) is 0 Å². The van der Waals surface area contributed by atoms with Crippen molar-refractivity contribution in [1.29, 1.82) is 0 Å². The molecule has 0 saturated heterocycles. The molecular formula is C16H21N3O3. The van der Waals surface area contributed by atoms with E-state index in [2.05, 4.69) is 15.5 Å². The molecule has 0 aliphatic rings. The molecule has 1 N–H and O–H groups in total. The molecular weight excluding hydrogens is 282 g/mol. The van der Waals surface area contributed by atoms with E-state index >= 15 is 0 Å². The van der Waals surface area contributed by atoms with E-state index < -0.39 is 6.04 Å². The maximum Gasteiger partial charge on any atom is 0.226 e. The monoisotopic (exact) mass is 303 g/mol. The minimum Gasteiger partial charge on any atom is -0.384 e. The van der Waals surface area contributed by atoms with E-state index in [0.717, 1.165) is 18.4 Å². The topological polar surface area (TPSA) is 77.2 Å². The number of methoxy groups -OCH3 is 1. The van der Waals surface area contributed by atoms with Crippen molar-refractivity contribution in [1.82, 2.24) is 15.5 Å². The van der Waals surface area contributed by atoms with Crippen LogP contribution in [0.2, 0.25) is 0 Å². The van der Waals surface area contributed by atoms with Gasteiger partial charge >= 0.3 is 0 Å². The molecule has 0 aliphatic carbocycles. The summed E-state index contributed by atoms with van der Waals surface area (Å²) in [4.78, 5) is 16.4. The van der Waals surface area contributed by atoms with Gasteiger partial charge in [-0.05, 0) is 12.0 Å². The summed E-state index contributed by atoms with van der Waals surface area (Å²) < 4.78 is 10.2. The van der Waals surface area contributed by atoms with Crippen LogP contribution in [-0.4, -0.2) is 29.8 Å². The molecule has 1 aromatic carbocycles. The van der Waals surface area contributed by atoms with Gasteiger partial charge in [0.1, 0.15) is 6.04 Å². The molecule has 0 radical (unpaired) electrons. The number of ether oxygens (including phenoxy) is 1. The molecule has 1 heterocycles. The highest BCUT2D eigenvalue weighted by atomic mass is 16.5. The van der Waals surface area contributed by atoms with Crippen LogP contribution in [0.25, 0.3) is 0 Å². The number of aromatic nitrogens is 2. The lowest BCUT2D eigenvalue weighted by molar-refractivity contribution is -0.122. The molecule has 1 aromatic heterocycles. The molecule has 1 amide bonds. The Balaban J connectivity index is 2.19. The number of carbonyl (C=O) groups is 1. The lowest BCUT2D eigenvalue weighted by Crippen LogP contribution is -2.30. The van der Waals surface area contributed by atoms with Gasteiger partial charge in [0.05, 0.1) is 6.61 Å². The Morgan fingerprint density at radius 3 is 2.82 bits per heavy atom. The van der Waals surface area contributed by atoms with Gasteiger partial charge in [0.15, 0.2) is 5.82 Å². The van der Waals surface area contributed by atoms with Crippen LogP contribution in [-0.2, 0) is 16.0 Å². The fraction of sp³-hybridized carbons (Fsp3) is 0.438. The number of carbonyl (C=O) groups excluding carboxylic acids is 1. The molecule has 118 valence electrons. The molecule has 0 spiro atoms. The summed E-state index contributed by atoms with van der Waals surface area (Å²) in [5.41, 5.74) is 0.914. The zero-order valence-electron chi connectivity index (χ0n) is 12.9. The maximum absolute atomic E-state index is 12.0. The van der Waals surface area contributed by atoms with E-state index in [4.69, 9.17) is 9.26 Å². The van der Waals surface area contributed by atoms with Gasteiger partial charge in [-0.1, -0.05) is 42.4 Å². The molecule has 0 bridgehead atoms. The molecule has 22 heavy (non-hydrogen) atoms. The summed E-state index contributed by atoms with van der Waals surface area (Å²) in [6.45, 7) is 2.42. The molecule has 6 nitrogen and oxygen atoms in total. The highest BCUT2D eigenvalue weighted by Crippen LogP contribution is 2.20. The van der Waals surface area contributed by atoms with Crippen LogP contribution in [0, 0.1) is 0 Å². The Kier molecular flexibility index (Phi) is 6.09. The summed E-state index contributed by atoms with van der Waals surface area (Å²) >= 11 is 0. The van der Waals surface area contributed by atoms with Crippen LogP contribution in [0.4, 0.5) is 0 Å². The number of rotatable bonds is 8. The Labute approximate surface area is 129 Å². The first-order valence-electron chi connectivity index (χ1n) is 7.40. The molecule has 1 atom stereocenters. The third-order valence-corrected chi connectivity index (χ3v) is 3.18. The second-order valence-electron chi connectivity index (χ2n) is 4.95. The highest BCUT2D eigenvalue weighted by Gasteiger charge is 2.22. The van der Waals surface area contributed by atoms with Gasteiger partial charge < -0.3 is 14.6 Å². The fourth-order valence-corrected chi connectivity index (χ4v) is 2.07. The first-order chi connectivity index (χ1) is 10.7. The van der Waals surface area contributed by atoms with Crippen LogP contribution in [0.5, 0.6) is 0 Å². The SMILES string of the molecule is CCCc1nc([C@H](NC(=O)CCOC)c2ccccc2)no1. The zero-order valence-corrected chi connectivity index (χ0v) is 12.9. The van der Waals surface area contributed by atoms with Crippen LogP contribution in [0.3, 0.4) is 0 Å². The number of benzene rings is 1. The Morgan fingerprint density at radius 1 is 1.36 bits per heavy atom. The van der Waals surface area contributed by atoms with Gasteiger partial charge in [-0.2, -0.15) is 4.98 Å². The number of nitrogens with zero attached hydrogens (tertiary/aromatic N) is 2. The van der Waals surface area contributed by atoms with Gasteiger partial charge in [0.25, 0.3) is 0 Å². The smallest absolute Gasteiger partial charge is 0.226 e. The predicted molar refractivity (Wildman–Crippen MR) is 81.2 cm³/mol. The van der Waals surface area contributed by atoms with Crippen LogP contribution < -0.4 is 5.32 Å². The predicted octanol–water partition coefficient (Wildman–Crippen LogP) is 2.26. The van der Waals surface area contributed by atoms with Crippen LogP contribution in [0.1, 0.15) is 43.1 Å². The molecule has 0 unspecified atom stereocenters. The van der Waals surface area contributed by atoms with Crippen molar-refractivity contribution in [2.45, 2.75) is 32.2 Å². The van der Waals surface area contributed by atoms with Crippen molar-refractivity contribution < 1.29 is 14.1 Å². The van der Waals surface area contributed by atoms with Crippen molar-refractivity contribution in [3.8, 4) is 0 Å². The van der Waals surface area contributed by atoms with E-state index in [1.165, 1.54) is 0 Å². The van der Waals surface area contributed by atoms with Gasteiger partial charge in [0, 0.05) is 20.0 Å². The maximum atomic E-state index is 12.0. The third-order valence-electron chi connectivity index (χ3n) is 3.18. The van der Waals surface area contributed by atoms with Crippen molar-refractivity contribution >= 4 is 5.91 Å². The number of amides is 1. The van der Waals surface area contributed by atoms with Crippen molar-refractivity contribution in [3.05, 3.63) is 47.6 Å². The summed E-state index contributed by atoms with van der Waals surface area (Å²) in [7, 11) is 1.57. The number of hydrogen-bond donors (Lipinski definition) is 1. The quantitative estimate of drug-likeness (QED) is 0.809. The lowest BCUT2D eigenvalue weighted by Gasteiger charge is -2.15. The number of hydrogen-bond acceptors (Lipinski definition) is 5. The largest absolute Gasteiger partial charge is 0.384 e. The summed E-state index contributed by atoms with van der Waals surface area (Å²) in [6.07, 6.45) is 1.95. The number of nitrogens with one attached hydrogen (secondary N) is 1. The zero-order chi connectivity index (χ0) is 15.8. The Hall–Kier alpha value is -2.21. The Bertz CT molecular complexity index is 583. The normalized spacial score (nSPS) is 12.1. The molecule has 0 fully saturated rings. The van der Waals surface area contributed by atoms with E-state index in [-0.39, 0.29) is 5.91 Å². The third kappa shape index (κ3) is 4.39. The van der Waals surface area contributed by atoms with Gasteiger partial charge in [-0.25, -0.2) is 0 Å². The van der Waals surface area contributed by atoms with Crippen molar-refractivity contribution in [2.24, 2.45) is 0 Å². The van der Waals surface area contributed by atoms with Gasteiger partial charge in [-0.3, -0.25) is 4.79 Å². The minimum atomic E-state index is -0.417. The van der Waals surface area contributed by atoms with E-state index in [1.807, 2.05) is 37.3 Å². The average molecular weight is 303 g/mol. The minimum absolute atomic E-state index is 0.113. The lowest BCUT2D eigenvalue weighted by atomic mass is 10.1. The molecule has 2 rings (SSSR count). The summed E-state index contributed by atoms with van der Waals surface area (Å²) in [5.74, 6) is 0.947. The number of aryl methyl sites for hydroxylation is 1. The Morgan fingerprint density at radius 2 is 2.14 bits per heavy atom. The molecule has 2 aromatic rings. The summed E-state index contributed by atoms with van der Waals surface area (Å²) in [6, 6.07) is 9.19. The first-order valence-corrected chi connectivity index (χ1v) is 7.40. The average Bonchev–Trinajstić information content (AvgIpc) is 3.00. The molecule has 0 saturated carbocycles. The van der Waals surface area contributed by atoms with E-state index in [0.29, 0.717) is 24.7 Å². The van der Waals surface area contributed by atoms with E-state index in [1.54, 1.807) is 7.11 Å². The first kappa shape index (κ1) is 16.2. The standard InChI is InChI=1S/C16H21N3O3/c1-3-7-14-18-16(19-22-14)15(12-8-5-4-6-9-12)17-13(20)10-11-21-2/h4-6,8-9,15H,3,7,10-11H2,1-2H3,(H,17,20)/t15-/m1/s1. The fourth-order valence-electron chi connectivity index (χ4n) is 2.07. The molecule has 0 aliphatic heterocycles. The highest BCUT2D eigenvalue weighted by molar-refractivity contribution is 5.76.